The number of methoxy groups -OCH3 is 1. The first-order chi connectivity index (χ1) is 17.0. The number of hydrogen-bond acceptors (Lipinski definition) is 6. The highest BCUT2D eigenvalue weighted by molar-refractivity contribution is 5.83. The van der Waals surface area contributed by atoms with E-state index >= 15 is 4.39 Å². The summed E-state index contributed by atoms with van der Waals surface area (Å²) >= 11 is 0. The van der Waals surface area contributed by atoms with Crippen molar-refractivity contribution in [3.63, 3.8) is 0 Å². The molecule has 0 bridgehead atoms. The maximum absolute atomic E-state index is 15.5. The number of piperidine rings is 1. The minimum Gasteiger partial charge on any atom is -0.497 e. The molecule has 1 aliphatic rings. The maximum Gasteiger partial charge on any atom is 0.303 e. The zero-order valence-corrected chi connectivity index (χ0v) is 19.8. The van der Waals surface area contributed by atoms with Crippen LogP contribution in [-0.4, -0.2) is 52.7 Å². The molecule has 0 amide bonds. The third kappa shape index (κ3) is 6.58. The highest BCUT2D eigenvalue weighted by Gasteiger charge is 2.30. The van der Waals surface area contributed by atoms with Crippen molar-refractivity contribution in [2.45, 2.75) is 38.3 Å². The number of carboxylic acids is 1. The summed E-state index contributed by atoms with van der Waals surface area (Å²) in [7, 11) is 1.59. The lowest BCUT2D eigenvalue weighted by atomic mass is 9.79. The van der Waals surface area contributed by atoms with E-state index in [1.54, 1.807) is 25.6 Å². The van der Waals surface area contributed by atoms with Crippen molar-refractivity contribution in [3.8, 4) is 17.6 Å². The van der Waals surface area contributed by atoms with E-state index < -0.39 is 12.1 Å². The first kappa shape index (κ1) is 24.7. The number of carboxylic acid groups (broad SMARTS) is 1. The summed E-state index contributed by atoms with van der Waals surface area (Å²) < 4.78 is 25.9. The van der Waals surface area contributed by atoms with E-state index in [9.17, 15) is 9.90 Å². The van der Waals surface area contributed by atoms with E-state index in [1.807, 2.05) is 18.2 Å². The van der Waals surface area contributed by atoms with Gasteiger partial charge in [0.25, 0.3) is 5.89 Å². The molecule has 8 heteroatoms. The predicted octanol–water partition coefficient (Wildman–Crippen LogP) is 4.88. The van der Waals surface area contributed by atoms with Crippen molar-refractivity contribution in [1.29, 1.82) is 0 Å². The largest absolute Gasteiger partial charge is 0.497 e. The van der Waals surface area contributed by atoms with Gasteiger partial charge in [-0.2, -0.15) is 0 Å². The Morgan fingerprint density at radius 2 is 2.17 bits per heavy atom. The second-order valence-corrected chi connectivity index (χ2v) is 8.94. The Morgan fingerprint density at radius 1 is 1.29 bits per heavy atom. The SMILES string of the molecule is COc1ccc2nccc([C@@H](F)CCC3CCN(CC#Cc4ncco4)CC3CCC(=O)O)c2c1. The summed E-state index contributed by atoms with van der Waals surface area (Å²) in [5.41, 5.74) is 1.36. The lowest BCUT2D eigenvalue weighted by Gasteiger charge is -2.38. The summed E-state index contributed by atoms with van der Waals surface area (Å²) in [5.74, 6) is 6.70. The number of pyridine rings is 1. The quantitative estimate of drug-likeness (QED) is 0.438. The van der Waals surface area contributed by atoms with E-state index in [-0.39, 0.29) is 18.3 Å². The van der Waals surface area contributed by atoms with Gasteiger partial charge in [-0.1, -0.05) is 5.92 Å². The van der Waals surface area contributed by atoms with Gasteiger partial charge in [0.05, 0.1) is 25.4 Å². The lowest BCUT2D eigenvalue weighted by molar-refractivity contribution is -0.137. The van der Waals surface area contributed by atoms with Gasteiger partial charge in [-0.15, -0.1) is 0 Å². The van der Waals surface area contributed by atoms with Crippen LogP contribution in [0.15, 0.2) is 47.3 Å². The lowest BCUT2D eigenvalue weighted by Crippen LogP contribution is -2.41. The number of fused-ring (bicyclic) bond motifs is 1. The molecule has 7 nitrogen and oxygen atoms in total. The van der Waals surface area contributed by atoms with Crippen molar-refractivity contribution in [3.05, 3.63) is 54.4 Å². The molecule has 2 unspecified atom stereocenters. The fourth-order valence-electron chi connectivity index (χ4n) is 4.89. The highest BCUT2D eigenvalue weighted by atomic mass is 19.1. The molecule has 4 rings (SSSR count). The fraction of sp³-hybridized carbons (Fsp3) is 0.444. The Kier molecular flexibility index (Phi) is 8.32. The zero-order chi connectivity index (χ0) is 24.6. The van der Waals surface area contributed by atoms with Crippen LogP contribution < -0.4 is 4.74 Å². The normalized spacial score (nSPS) is 19.1. The number of halogens is 1. The number of aromatic nitrogens is 2. The van der Waals surface area contributed by atoms with Gasteiger partial charge in [0.1, 0.15) is 18.2 Å². The van der Waals surface area contributed by atoms with Crippen molar-refractivity contribution in [2.24, 2.45) is 11.8 Å². The summed E-state index contributed by atoms with van der Waals surface area (Å²) in [5, 5.41) is 9.99. The van der Waals surface area contributed by atoms with Gasteiger partial charge in [0.15, 0.2) is 0 Å². The van der Waals surface area contributed by atoms with Crippen molar-refractivity contribution in [1.82, 2.24) is 14.9 Å². The Bertz CT molecular complexity index is 1190. The summed E-state index contributed by atoms with van der Waals surface area (Å²) in [6.45, 7) is 2.17. The first-order valence-electron chi connectivity index (χ1n) is 11.9. The zero-order valence-electron chi connectivity index (χ0n) is 19.8. The van der Waals surface area contributed by atoms with Gasteiger partial charge in [-0.05, 0) is 79.8 Å². The molecule has 2 aromatic heterocycles. The Labute approximate surface area is 204 Å². The van der Waals surface area contributed by atoms with E-state index in [2.05, 4.69) is 26.7 Å². The van der Waals surface area contributed by atoms with Crippen LogP contribution >= 0.6 is 0 Å². The van der Waals surface area contributed by atoms with Gasteiger partial charge in [-0.25, -0.2) is 9.37 Å². The summed E-state index contributed by atoms with van der Waals surface area (Å²) in [6.07, 6.45) is 6.23. The van der Waals surface area contributed by atoms with E-state index in [0.717, 1.165) is 30.4 Å². The molecule has 184 valence electrons. The molecule has 0 radical (unpaired) electrons. The number of rotatable bonds is 9. The van der Waals surface area contributed by atoms with Gasteiger partial charge < -0.3 is 14.3 Å². The topological polar surface area (TPSA) is 88.7 Å². The van der Waals surface area contributed by atoms with Crippen LogP contribution in [0, 0.1) is 23.7 Å². The van der Waals surface area contributed by atoms with Gasteiger partial charge in [-0.3, -0.25) is 14.7 Å². The second kappa shape index (κ2) is 11.8. The summed E-state index contributed by atoms with van der Waals surface area (Å²) in [4.78, 5) is 21.8. The fourth-order valence-corrected chi connectivity index (χ4v) is 4.89. The monoisotopic (exact) mass is 479 g/mol. The number of likely N-dealkylation sites (tertiary alicyclic amines) is 1. The molecular formula is C27H30FN3O4. The molecule has 3 atom stereocenters. The van der Waals surface area contributed by atoms with Gasteiger partial charge in [0, 0.05) is 24.5 Å². The van der Waals surface area contributed by atoms with E-state index in [4.69, 9.17) is 9.15 Å². The first-order valence-corrected chi connectivity index (χ1v) is 11.9. The standard InChI is InChI=1S/C27H30FN3O4/c1-34-21-6-8-25-23(17-21)22(10-12-29-25)24(28)7-4-19-11-15-31(18-20(19)5-9-27(32)33)14-2-3-26-30-13-16-35-26/h6,8,10,12-13,16-17,19-20,24H,4-5,7,9,11,14-15,18H2,1H3,(H,32,33)/t19?,20?,24-/m0/s1. The second-order valence-electron chi connectivity index (χ2n) is 8.94. The molecule has 0 aliphatic carbocycles. The van der Waals surface area contributed by atoms with Crippen LogP contribution in [-0.2, 0) is 4.79 Å². The molecule has 1 fully saturated rings. The number of aliphatic carboxylic acids is 1. The molecule has 1 saturated heterocycles. The Balaban J connectivity index is 1.39. The van der Waals surface area contributed by atoms with E-state index in [0.29, 0.717) is 43.0 Å². The average Bonchev–Trinajstić information content (AvgIpc) is 3.39. The molecule has 0 saturated carbocycles. The highest BCUT2D eigenvalue weighted by Crippen LogP contribution is 2.36. The van der Waals surface area contributed by atoms with E-state index in [1.165, 1.54) is 6.26 Å². The molecule has 3 heterocycles. The molecular weight excluding hydrogens is 449 g/mol. The minimum atomic E-state index is -1.13. The van der Waals surface area contributed by atoms with Crippen molar-refractivity contribution >= 4 is 16.9 Å². The number of carbonyl (C=O) groups is 1. The third-order valence-electron chi connectivity index (χ3n) is 6.75. The number of alkyl halides is 1. The molecule has 1 aliphatic heterocycles. The molecule has 1 N–H and O–H groups in total. The van der Waals surface area contributed by atoms with Gasteiger partial charge in [0.2, 0.25) is 0 Å². The van der Waals surface area contributed by atoms with Crippen LogP contribution in [0.5, 0.6) is 5.75 Å². The minimum absolute atomic E-state index is 0.116. The molecule has 1 aromatic carbocycles. The average molecular weight is 480 g/mol. The van der Waals surface area contributed by atoms with Crippen LogP contribution in [0.4, 0.5) is 4.39 Å². The Hall–Kier alpha value is -3.44. The number of oxazole rings is 1. The smallest absolute Gasteiger partial charge is 0.303 e. The molecule has 35 heavy (non-hydrogen) atoms. The Morgan fingerprint density at radius 3 is 2.94 bits per heavy atom. The van der Waals surface area contributed by atoms with Crippen LogP contribution in [0.3, 0.4) is 0 Å². The van der Waals surface area contributed by atoms with Gasteiger partial charge >= 0.3 is 5.97 Å². The summed E-state index contributed by atoms with van der Waals surface area (Å²) in [6, 6.07) is 7.23. The van der Waals surface area contributed by atoms with Crippen LogP contribution in [0.2, 0.25) is 0 Å². The van der Waals surface area contributed by atoms with Crippen LogP contribution in [0.1, 0.15) is 49.7 Å². The number of nitrogens with zero attached hydrogens (tertiary/aromatic N) is 3. The molecule has 3 aromatic rings. The number of hydrogen-bond donors (Lipinski definition) is 1. The maximum atomic E-state index is 15.5. The van der Waals surface area contributed by atoms with Crippen LogP contribution in [0.25, 0.3) is 10.9 Å². The number of ether oxygens (including phenoxy) is 1. The molecule has 0 spiro atoms. The third-order valence-corrected chi connectivity index (χ3v) is 6.75. The number of benzene rings is 1. The van der Waals surface area contributed by atoms with Crippen molar-refractivity contribution in [2.75, 3.05) is 26.7 Å². The van der Waals surface area contributed by atoms with Crippen molar-refractivity contribution < 1.29 is 23.4 Å². The predicted molar refractivity (Wildman–Crippen MR) is 130 cm³/mol.